The van der Waals surface area contributed by atoms with Crippen molar-refractivity contribution < 1.29 is 119 Å². The maximum Gasteiger partial charge on any atom is 0.341 e. The molecule has 0 unspecified atom stereocenters. The number of hydrogen-bond acceptors (Lipinski definition) is 29. The number of carbonyl (C=O) groups is 8. The summed E-state index contributed by atoms with van der Waals surface area (Å²) in [4.78, 5) is 122. The van der Waals surface area contributed by atoms with E-state index in [0.717, 1.165) is 57.4 Å². The van der Waals surface area contributed by atoms with E-state index in [1.807, 2.05) is 21.4 Å². The molecule has 14 rings (SSSR count). The number of aromatic hydroxyl groups is 2. The van der Waals surface area contributed by atoms with Gasteiger partial charge in [-0.3, -0.25) is 53.1 Å². The van der Waals surface area contributed by atoms with E-state index in [1.165, 1.54) is 60.1 Å². The molecule has 1 saturated carbocycles. The van der Waals surface area contributed by atoms with Crippen LogP contribution in [-0.4, -0.2) is 303 Å². The van der Waals surface area contributed by atoms with Crippen LogP contribution >= 0.6 is 23.4 Å². The number of Topliss-reactive ketones (excluding diaryl/α,β-unsaturated/α-hetero) is 4. The summed E-state index contributed by atoms with van der Waals surface area (Å²) in [5.41, 5.74) is 3.84. The third-order valence-electron chi connectivity index (χ3n) is 24.4. The molecule has 21 N–H and O–H groups in total. The summed E-state index contributed by atoms with van der Waals surface area (Å²) in [5, 5.41) is 145. The second-order valence-electron chi connectivity index (χ2n) is 32.2. The number of carboxylic acid groups (broad SMARTS) is 1. The second-order valence-corrected chi connectivity index (χ2v) is 33.8. The van der Waals surface area contributed by atoms with E-state index in [4.69, 9.17) is 27.8 Å². The van der Waals surface area contributed by atoms with Crippen molar-refractivity contribution in [2.75, 3.05) is 98.1 Å². The lowest BCUT2D eigenvalue weighted by molar-refractivity contribution is -0.205. The Bertz CT molecular complexity index is 4850. The number of fused-ring (bicyclic) bond motifs is 7. The summed E-state index contributed by atoms with van der Waals surface area (Å²) in [6.07, 6.45) is 1.93. The van der Waals surface area contributed by atoms with Crippen LogP contribution in [0.3, 0.4) is 0 Å². The van der Waals surface area contributed by atoms with E-state index >= 15 is 0 Å². The van der Waals surface area contributed by atoms with Crippen LogP contribution in [0.2, 0.25) is 0 Å². The number of likely N-dealkylation sites (N-methyl/N-ethyl adjacent to an activating group) is 3. The number of carboxylic acids is 1. The average molecular weight is 1680 g/mol. The Balaban J connectivity index is 0.000000165. The van der Waals surface area contributed by atoms with Gasteiger partial charge in [-0.15, -0.1) is 23.4 Å². The Kier molecular flexibility index (Phi) is 26.7. The number of carbonyl (C=O) groups excluding carboxylic acids is 7. The lowest BCUT2D eigenvalue weighted by Crippen LogP contribution is -2.68. The fourth-order valence-electron chi connectivity index (χ4n) is 18.7. The van der Waals surface area contributed by atoms with Gasteiger partial charge in [0.1, 0.15) is 86.9 Å². The smallest absolute Gasteiger partial charge is 0.341 e. The minimum Gasteiger partial charge on any atom is -0.510 e. The van der Waals surface area contributed by atoms with Gasteiger partial charge in [-0.2, -0.15) is 0 Å². The number of phenolic OH excluding ortho intramolecular Hbond substituents is 2. The second kappa shape index (κ2) is 34.7. The summed E-state index contributed by atoms with van der Waals surface area (Å²) in [6, 6.07) is 7.37. The number of piperazine rings is 1. The maximum absolute atomic E-state index is 14.6. The molecule has 7 aliphatic carbocycles. The van der Waals surface area contributed by atoms with Gasteiger partial charge < -0.3 is 113 Å². The van der Waals surface area contributed by atoms with Gasteiger partial charge >= 0.3 is 5.97 Å². The third-order valence-corrected chi connectivity index (χ3v) is 25.5. The van der Waals surface area contributed by atoms with Crippen LogP contribution in [0.4, 0.5) is 15.8 Å². The number of nitrogens with zero attached hydrogens (tertiary/aromatic N) is 6. The van der Waals surface area contributed by atoms with Gasteiger partial charge in [-0.25, -0.2) is 9.18 Å². The quantitative estimate of drug-likeness (QED) is 0.0583. The van der Waals surface area contributed by atoms with E-state index in [9.17, 15) is 114 Å². The number of aromatic carboxylic acids is 1. The number of aliphatic hydroxyl groups is 10. The lowest BCUT2D eigenvalue weighted by Gasteiger charge is -2.53. The number of hydrogen-bond donors (Lipinski definition) is 17. The van der Waals surface area contributed by atoms with Crippen LogP contribution in [0.1, 0.15) is 113 Å². The number of aromatic nitrogens is 1. The molecule has 3 aromatic carbocycles. The zero-order chi connectivity index (χ0) is 85.6. The Morgan fingerprint density at radius 1 is 0.786 bits per heavy atom. The Hall–Kier alpha value is -9.12. The summed E-state index contributed by atoms with van der Waals surface area (Å²) in [6.45, 7) is 9.38. The molecule has 10 aliphatic rings. The van der Waals surface area contributed by atoms with E-state index in [-0.39, 0.29) is 75.5 Å². The van der Waals surface area contributed by atoms with Gasteiger partial charge in [0.15, 0.2) is 22.8 Å². The van der Waals surface area contributed by atoms with Gasteiger partial charge in [0.2, 0.25) is 22.9 Å². The SMILES string of the molecule is CCC[C@@H]1C[C@@H](C(=O)N[C@@H]([C@H]2O[C@H](SC)[C@H](O)[C@@H](O)[C@H]2O)[C@H](C)Cl)N(C)C1.CN(C)c1ccc(O)c2c1C[C@H]1C[C@H]3[C@H](N(C)C)C(O)=C(C(N)=O)C(=O)[C@@]3(O)C(O)=C1C2=O.C[C@H]1c2cccc(O)c2C(=O)C2=C(O)[C@]3(O)C(=O)C(C(N)=O)=C(O)[C@@H](N(C)C)[C@@H]3[C@@H](O)[C@@H]21.O.O=C(O)c1cn(C2CC2)c2cc(N3CCNCC3)c(F)cc2c1=O. The monoisotopic (exact) mass is 1670 g/mol. The number of aliphatic hydroxyl groups excluding tert-OH is 8. The molecule has 37 heteroatoms. The van der Waals surface area contributed by atoms with Crippen molar-refractivity contribution in [3.05, 3.63) is 138 Å². The molecule has 19 atom stereocenters. The van der Waals surface area contributed by atoms with E-state index in [1.54, 1.807) is 77.5 Å². The molecule has 3 amide bonds. The minimum atomic E-state index is -2.89. The number of nitrogens with one attached hydrogen (secondary N) is 2. The summed E-state index contributed by atoms with van der Waals surface area (Å²) >= 11 is 7.55. The molecular formula is C80H104ClFN10O24S. The highest BCUT2D eigenvalue weighted by Crippen LogP contribution is 2.57. The number of ether oxygens (including phenoxy) is 1. The summed E-state index contributed by atoms with van der Waals surface area (Å²) in [7, 11) is 11.7. The highest BCUT2D eigenvalue weighted by molar-refractivity contribution is 7.99. The van der Waals surface area contributed by atoms with Crippen LogP contribution in [0.5, 0.6) is 11.5 Å². The van der Waals surface area contributed by atoms with Crippen LogP contribution in [0.15, 0.2) is 98.8 Å². The van der Waals surface area contributed by atoms with Crippen LogP contribution in [-0.2, 0) is 35.1 Å². The van der Waals surface area contributed by atoms with Crippen LogP contribution < -0.4 is 37.3 Å². The van der Waals surface area contributed by atoms with Crippen molar-refractivity contribution in [3.8, 4) is 11.5 Å². The number of primary amides is 2. The first-order valence-corrected chi connectivity index (χ1v) is 40.0. The first-order valence-electron chi connectivity index (χ1n) is 38.2. The zero-order valence-electron chi connectivity index (χ0n) is 66.4. The molecule has 34 nitrogen and oxygen atoms in total. The number of likely N-dealkylation sites (tertiary alicyclic amines) is 1. The predicted octanol–water partition coefficient (Wildman–Crippen LogP) is 0.987. The first kappa shape index (κ1) is 90.2. The number of thioether (sulfide) groups is 1. The molecule has 0 radical (unpaired) electrons. The molecule has 3 saturated heterocycles. The molecule has 3 aliphatic heterocycles. The number of ketones is 4. The molecule has 4 aromatic rings. The van der Waals surface area contributed by atoms with E-state index < -0.39 is 192 Å². The molecular weight excluding hydrogens is 1570 g/mol. The van der Waals surface area contributed by atoms with Gasteiger partial charge in [0.05, 0.1) is 63.9 Å². The Morgan fingerprint density at radius 3 is 1.92 bits per heavy atom. The summed E-state index contributed by atoms with van der Waals surface area (Å²) in [5.74, 6) is -16.8. The molecule has 1 aromatic heterocycles. The van der Waals surface area contributed by atoms with E-state index in [2.05, 4.69) is 17.6 Å². The molecule has 4 heterocycles. The number of anilines is 2. The van der Waals surface area contributed by atoms with Gasteiger partial charge in [0, 0.05) is 93.1 Å². The first-order chi connectivity index (χ1) is 54.5. The third kappa shape index (κ3) is 15.7. The largest absolute Gasteiger partial charge is 0.510 e. The Morgan fingerprint density at radius 2 is 1.37 bits per heavy atom. The van der Waals surface area contributed by atoms with Crippen LogP contribution in [0.25, 0.3) is 10.9 Å². The van der Waals surface area contributed by atoms with Crippen molar-refractivity contribution in [1.82, 2.24) is 29.9 Å². The maximum atomic E-state index is 14.6. The van der Waals surface area contributed by atoms with E-state index in [0.29, 0.717) is 41.3 Å². The number of amides is 3. The standard InChI is InChI=1S/C23H27N3O7.C22H24N2O8.C18H33ClN2O5S.C17H18FN3O3.H2O/c1-25(2)12-5-6-13(27)15-10(12)7-9-8-11-17(26(3)4)19(29)16(22(24)32)21(31)23(11,33)20(30)14(9)18(15)28;1-7-8-5-4-6-9(25)11(8)16(26)12-10(7)17(27)14-15(24(2)3)18(28)13(21(23)31)20(30)22(14,32)19(12)29;1-5-6-10-7-11(21(3)8-10)17(25)20-12(9(2)19)16-14(23)13(22)15(24)18(26-16)27-4;18-13-7-11-14(8-15(13)20-5-3-19-4-6-20)21(10-1-2-10)9-12(16(11)22)17(23)24;/h5-6,9,11,17,27,29-30,33H,7-8H2,1-4H3,(H2,24,32);4-7,10,14-15,17,25,27-29,32H,1-3H3,(H2,23,31);9-16,18,22-24H,5-8H2,1-4H3,(H,20,25);7-10,19H,1-6H2,(H,23,24);1H2/t9-,11-,17-,23-;7-,10+,14+,15-,17-,22-;9-,10+,11-,12+,13-,14+,15+,16+,18+;;/m000../s1. The Labute approximate surface area is 681 Å². The van der Waals surface area contributed by atoms with Crippen molar-refractivity contribution in [3.63, 3.8) is 0 Å². The fraction of sp³-hybridized carbons (Fsp3) is 0.537. The predicted molar refractivity (Wildman–Crippen MR) is 427 cm³/mol. The molecule has 0 spiro atoms. The van der Waals surface area contributed by atoms with Crippen molar-refractivity contribution in [1.29, 1.82) is 0 Å². The van der Waals surface area contributed by atoms with Gasteiger partial charge in [0.25, 0.3) is 11.8 Å². The molecule has 638 valence electrons. The zero-order valence-corrected chi connectivity index (χ0v) is 68.0. The minimum absolute atomic E-state index is 0. The van der Waals surface area contributed by atoms with Crippen molar-refractivity contribution in [2.45, 2.75) is 154 Å². The number of rotatable bonds is 15. The van der Waals surface area contributed by atoms with Crippen LogP contribution in [0, 0.1) is 35.4 Å². The number of benzene rings is 3. The summed E-state index contributed by atoms with van der Waals surface area (Å²) < 4.78 is 22.2. The van der Waals surface area contributed by atoms with Crippen molar-refractivity contribution in [2.24, 2.45) is 41.1 Å². The molecule has 117 heavy (non-hydrogen) atoms. The normalized spacial score (nSPS) is 30.5. The number of allylic oxidation sites excluding steroid dienone is 1. The topological polar surface area (TPSA) is 555 Å². The van der Waals surface area contributed by atoms with Gasteiger partial charge in [-0.05, 0) is 146 Å². The fourth-order valence-corrected chi connectivity index (χ4v) is 19.5. The highest BCUT2D eigenvalue weighted by Gasteiger charge is 2.68. The van der Waals surface area contributed by atoms with Crippen molar-refractivity contribution >= 4 is 92.5 Å². The highest BCUT2D eigenvalue weighted by atomic mass is 35.5. The number of phenols is 2. The molecule has 4 fully saturated rings. The number of halogens is 2. The average Bonchev–Trinajstić information content (AvgIpc) is 1.49. The van der Waals surface area contributed by atoms with Gasteiger partial charge in [-0.1, -0.05) is 32.4 Å². The molecule has 0 bridgehead atoms. The number of pyridine rings is 1. The number of nitrogens with two attached hydrogens (primary N) is 2. The lowest BCUT2D eigenvalue weighted by atomic mass is 9.55. The number of alkyl halides is 1.